The Morgan fingerprint density at radius 2 is 2.04 bits per heavy atom. The van der Waals surface area contributed by atoms with Crippen LogP contribution in [0.5, 0.6) is 0 Å². The summed E-state index contributed by atoms with van der Waals surface area (Å²) in [7, 11) is 0. The highest BCUT2D eigenvalue weighted by molar-refractivity contribution is 7.98. The number of ether oxygens (including phenoxy) is 1. The first-order chi connectivity index (χ1) is 11.7. The number of rotatable bonds is 4. The van der Waals surface area contributed by atoms with Gasteiger partial charge in [0.05, 0.1) is 25.1 Å². The number of anilines is 2. The maximum Gasteiger partial charge on any atom is 0.257 e. The maximum atomic E-state index is 12.5. The number of pyridine rings is 1. The first kappa shape index (κ1) is 16.8. The predicted octanol–water partition coefficient (Wildman–Crippen LogP) is 3.20. The predicted molar refractivity (Wildman–Crippen MR) is 98.2 cm³/mol. The van der Waals surface area contributed by atoms with Gasteiger partial charge >= 0.3 is 0 Å². The Morgan fingerprint density at radius 3 is 2.71 bits per heavy atom. The summed E-state index contributed by atoms with van der Waals surface area (Å²) < 4.78 is 5.36. The Bertz CT molecular complexity index is 713. The highest BCUT2D eigenvalue weighted by Crippen LogP contribution is 2.21. The molecule has 0 saturated carbocycles. The van der Waals surface area contributed by atoms with E-state index in [4.69, 9.17) is 4.74 Å². The van der Waals surface area contributed by atoms with Gasteiger partial charge in [-0.1, -0.05) is 6.07 Å². The summed E-state index contributed by atoms with van der Waals surface area (Å²) in [6, 6.07) is 9.73. The largest absolute Gasteiger partial charge is 0.378 e. The van der Waals surface area contributed by atoms with E-state index in [0.29, 0.717) is 11.4 Å². The van der Waals surface area contributed by atoms with Gasteiger partial charge in [-0.25, -0.2) is 4.98 Å². The summed E-state index contributed by atoms with van der Waals surface area (Å²) in [6.07, 6.45) is 3.80. The summed E-state index contributed by atoms with van der Waals surface area (Å²) in [6.45, 7) is 5.16. The minimum absolute atomic E-state index is 0.130. The molecular weight excluding hydrogens is 322 g/mol. The van der Waals surface area contributed by atoms with Gasteiger partial charge < -0.3 is 15.0 Å². The fourth-order valence-corrected chi connectivity index (χ4v) is 3.06. The number of amides is 1. The minimum atomic E-state index is -0.130. The minimum Gasteiger partial charge on any atom is -0.378 e. The molecule has 1 aliphatic rings. The van der Waals surface area contributed by atoms with E-state index >= 15 is 0 Å². The molecule has 2 aromatic rings. The molecule has 5 nitrogen and oxygen atoms in total. The molecule has 2 heterocycles. The lowest BCUT2D eigenvalue weighted by Gasteiger charge is -2.28. The molecule has 1 saturated heterocycles. The van der Waals surface area contributed by atoms with Gasteiger partial charge in [0.1, 0.15) is 5.82 Å². The highest BCUT2D eigenvalue weighted by atomic mass is 32.2. The number of hydrogen-bond acceptors (Lipinski definition) is 5. The van der Waals surface area contributed by atoms with Crippen molar-refractivity contribution in [3.63, 3.8) is 0 Å². The van der Waals surface area contributed by atoms with Crippen molar-refractivity contribution in [3.05, 3.63) is 47.7 Å². The number of morpholine rings is 1. The summed E-state index contributed by atoms with van der Waals surface area (Å²) in [5, 5.41) is 2.88. The Balaban J connectivity index is 1.70. The van der Waals surface area contributed by atoms with Crippen LogP contribution in [0.1, 0.15) is 15.9 Å². The molecular formula is C18H21N3O2S. The Hall–Kier alpha value is -2.05. The fraction of sp³-hybridized carbons (Fsp3) is 0.333. The van der Waals surface area contributed by atoms with Crippen LogP contribution in [0, 0.1) is 6.92 Å². The molecule has 6 heteroatoms. The number of hydrogen-bond donors (Lipinski definition) is 1. The van der Waals surface area contributed by atoms with Crippen LogP contribution in [0.2, 0.25) is 0 Å². The topological polar surface area (TPSA) is 54.5 Å². The first-order valence-electron chi connectivity index (χ1n) is 7.92. The van der Waals surface area contributed by atoms with Gasteiger partial charge in [0.15, 0.2) is 0 Å². The van der Waals surface area contributed by atoms with Crippen LogP contribution in [0.15, 0.2) is 41.4 Å². The van der Waals surface area contributed by atoms with Gasteiger partial charge in [-0.05, 0) is 43.0 Å². The molecule has 0 bridgehead atoms. The fourth-order valence-electron chi connectivity index (χ4n) is 2.62. The Morgan fingerprint density at radius 1 is 1.25 bits per heavy atom. The summed E-state index contributed by atoms with van der Waals surface area (Å²) in [5.41, 5.74) is 2.69. The van der Waals surface area contributed by atoms with E-state index in [1.807, 2.05) is 43.5 Å². The van der Waals surface area contributed by atoms with Crippen LogP contribution in [-0.4, -0.2) is 43.5 Å². The molecule has 1 aromatic carbocycles. The molecule has 1 aliphatic heterocycles. The number of carbonyl (C=O) groups is 1. The Labute approximate surface area is 146 Å². The van der Waals surface area contributed by atoms with Crippen molar-refractivity contribution in [1.29, 1.82) is 0 Å². The van der Waals surface area contributed by atoms with E-state index in [0.717, 1.165) is 42.4 Å². The lowest BCUT2D eigenvalue weighted by Crippen LogP contribution is -2.36. The molecule has 1 aromatic heterocycles. The van der Waals surface area contributed by atoms with Crippen LogP contribution < -0.4 is 10.2 Å². The van der Waals surface area contributed by atoms with Crippen LogP contribution in [0.25, 0.3) is 0 Å². The number of nitrogens with zero attached hydrogens (tertiary/aromatic N) is 2. The monoisotopic (exact) mass is 343 g/mol. The number of benzene rings is 1. The van der Waals surface area contributed by atoms with Crippen LogP contribution in [-0.2, 0) is 4.74 Å². The van der Waals surface area contributed by atoms with Crippen molar-refractivity contribution in [2.45, 2.75) is 11.8 Å². The average Bonchev–Trinajstić information content (AvgIpc) is 2.63. The summed E-state index contributed by atoms with van der Waals surface area (Å²) in [5.74, 6) is 0.431. The number of aromatic nitrogens is 1. The standard InChI is InChI=1S/C18H21N3O2S/c1-13-3-5-15(24-2)11-16(13)18(22)20-17-6-4-14(12-19-17)21-7-9-23-10-8-21/h3-6,11-12H,7-10H2,1-2H3,(H,19,20,22). The second kappa shape index (κ2) is 7.68. The quantitative estimate of drug-likeness (QED) is 0.864. The second-order valence-corrected chi connectivity index (χ2v) is 6.52. The molecule has 0 radical (unpaired) electrons. The van der Waals surface area contributed by atoms with Crippen molar-refractivity contribution >= 4 is 29.2 Å². The summed E-state index contributed by atoms with van der Waals surface area (Å²) in [4.78, 5) is 20.2. The van der Waals surface area contributed by atoms with E-state index in [1.165, 1.54) is 0 Å². The van der Waals surface area contributed by atoms with Gasteiger partial charge in [-0.3, -0.25) is 4.79 Å². The zero-order valence-corrected chi connectivity index (χ0v) is 14.7. The first-order valence-corrected chi connectivity index (χ1v) is 9.14. The van der Waals surface area contributed by atoms with Crippen LogP contribution >= 0.6 is 11.8 Å². The van der Waals surface area contributed by atoms with Gasteiger partial charge in [-0.15, -0.1) is 11.8 Å². The molecule has 126 valence electrons. The van der Waals surface area contributed by atoms with Crippen molar-refractivity contribution < 1.29 is 9.53 Å². The number of carbonyl (C=O) groups excluding carboxylic acids is 1. The molecule has 0 atom stereocenters. The Kier molecular flexibility index (Phi) is 5.37. The number of nitrogens with one attached hydrogen (secondary N) is 1. The molecule has 1 amide bonds. The molecule has 0 aliphatic carbocycles. The maximum absolute atomic E-state index is 12.5. The van der Waals surface area contributed by atoms with Crippen molar-refractivity contribution in [1.82, 2.24) is 4.98 Å². The lowest BCUT2D eigenvalue weighted by molar-refractivity contribution is 0.102. The lowest BCUT2D eigenvalue weighted by atomic mass is 10.1. The van der Waals surface area contributed by atoms with Gasteiger partial charge in [0.25, 0.3) is 5.91 Å². The summed E-state index contributed by atoms with van der Waals surface area (Å²) >= 11 is 1.62. The number of thioether (sulfide) groups is 1. The third-order valence-corrected chi connectivity index (χ3v) is 4.78. The highest BCUT2D eigenvalue weighted by Gasteiger charge is 2.13. The van der Waals surface area contributed by atoms with Gasteiger partial charge in [0.2, 0.25) is 0 Å². The van der Waals surface area contributed by atoms with Crippen molar-refractivity contribution in [2.24, 2.45) is 0 Å². The smallest absolute Gasteiger partial charge is 0.257 e. The zero-order chi connectivity index (χ0) is 16.9. The molecule has 24 heavy (non-hydrogen) atoms. The third kappa shape index (κ3) is 3.88. The van der Waals surface area contributed by atoms with Crippen LogP contribution in [0.3, 0.4) is 0 Å². The van der Waals surface area contributed by atoms with Gasteiger partial charge in [0, 0.05) is 23.5 Å². The normalized spacial score (nSPS) is 14.5. The average molecular weight is 343 g/mol. The van der Waals surface area contributed by atoms with Crippen molar-refractivity contribution in [2.75, 3.05) is 42.8 Å². The van der Waals surface area contributed by atoms with E-state index in [2.05, 4.69) is 15.2 Å². The van der Waals surface area contributed by atoms with Crippen molar-refractivity contribution in [3.8, 4) is 0 Å². The molecule has 1 fully saturated rings. The molecule has 0 spiro atoms. The second-order valence-electron chi connectivity index (χ2n) is 5.64. The SMILES string of the molecule is CSc1ccc(C)c(C(=O)Nc2ccc(N3CCOCC3)cn2)c1. The van der Waals surface area contributed by atoms with E-state index in [-0.39, 0.29) is 5.91 Å². The van der Waals surface area contributed by atoms with Gasteiger partial charge in [-0.2, -0.15) is 0 Å². The molecule has 0 unspecified atom stereocenters. The van der Waals surface area contributed by atoms with E-state index in [1.54, 1.807) is 18.0 Å². The van der Waals surface area contributed by atoms with E-state index < -0.39 is 0 Å². The zero-order valence-electron chi connectivity index (χ0n) is 13.9. The number of aryl methyl sites for hydroxylation is 1. The molecule has 1 N–H and O–H groups in total. The van der Waals surface area contributed by atoms with E-state index in [9.17, 15) is 4.79 Å². The molecule has 3 rings (SSSR count). The third-order valence-electron chi connectivity index (χ3n) is 4.06. The van der Waals surface area contributed by atoms with Crippen LogP contribution in [0.4, 0.5) is 11.5 Å².